The summed E-state index contributed by atoms with van der Waals surface area (Å²) in [4.78, 5) is 10.6. The van der Waals surface area contributed by atoms with Crippen LogP contribution >= 0.6 is 43.2 Å². The Morgan fingerprint density at radius 3 is 2.62 bits per heavy atom. The summed E-state index contributed by atoms with van der Waals surface area (Å²) in [6.07, 6.45) is 0. The number of halogens is 2. The molecule has 10 heteroatoms. The molecule has 1 N–H and O–H groups in total. The van der Waals surface area contributed by atoms with Crippen molar-refractivity contribution in [2.75, 3.05) is 17.2 Å². The summed E-state index contributed by atoms with van der Waals surface area (Å²) >= 11 is 8.11. The van der Waals surface area contributed by atoms with Crippen LogP contribution in [0.25, 0.3) is 11.1 Å². The van der Waals surface area contributed by atoms with E-state index in [1.807, 2.05) is 42.5 Å². The Balaban J connectivity index is 2.07. The highest BCUT2D eigenvalue weighted by Gasteiger charge is 2.20. The van der Waals surface area contributed by atoms with E-state index in [-0.39, 0.29) is 16.9 Å². The molecule has 146 valence electrons. The first-order valence-corrected chi connectivity index (χ1v) is 11.1. The third kappa shape index (κ3) is 4.87. The van der Waals surface area contributed by atoms with E-state index in [1.165, 1.54) is 23.5 Å². The van der Waals surface area contributed by atoms with Crippen molar-refractivity contribution in [1.82, 2.24) is 0 Å². The summed E-state index contributed by atoms with van der Waals surface area (Å²) < 4.78 is 0.457. The minimum Gasteiger partial charge on any atom is -0.376 e. The van der Waals surface area contributed by atoms with Gasteiger partial charge in [-0.3, -0.25) is 10.1 Å². The van der Waals surface area contributed by atoms with Crippen LogP contribution in [0.3, 0.4) is 0 Å². The van der Waals surface area contributed by atoms with E-state index in [4.69, 9.17) is 0 Å². The average molecular weight is 535 g/mol. The molecule has 0 fully saturated rings. The van der Waals surface area contributed by atoms with Crippen LogP contribution in [0.5, 0.6) is 0 Å². The zero-order valence-electron chi connectivity index (χ0n) is 14.8. The molecule has 0 bridgehead atoms. The number of benzene rings is 2. The zero-order chi connectivity index (χ0) is 20.8. The lowest BCUT2D eigenvalue weighted by atomic mass is 10.1. The molecule has 0 saturated heterocycles. The number of nitro groups is 1. The van der Waals surface area contributed by atoms with Crippen LogP contribution in [0.15, 0.2) is 63.2 Å². The van der Waals surface area contributed by atoms with Gasteiger partial charge in [0.15, 0.2) is 5.56 Å². The fourth-order valence-corrected chi connectivity index (χ4v) is 4.08. The Labute approximate surface area is 187 Å². The lowest BCUT2D eigenvalue weighted by Crippen LogP contribution is -1.99. The SMILES string of the molecule is N#Cc1c([N+](=O)[O-])ccc(Br)c1N=Nc1sc(NCCBr)cc1-c1ccccc1. The largest absolute Gasteiger partial charge is 0.376 e. The van der Waals surface area contributed by atoms with Gasteiger partial charge in [-0.15, -0.1) is 10.2 Å². The van der Waals surface area contributed by atoms with Gasteiger partial charge >= 0.3 is 0 Å². The highest BCUT2D eigenvalue weighted by atomic mass is 79.9. The number of hydrogen-bond donors (Lipinski definition) is 1. The van der Waals surface area contributed by atoms with Gasteiger partial charge < -0.3 is 5.32 Å². The molecule has 0 atom stereocenters. The van der Waals surface area contributed by atoms with Crippen LogP contribution in [0.4, 0.5) is 21.4 Å². The smallest absolute Gasteiger partial charge is 0.289 e. The van der Waals surface area contributed by atoms with Crippen molar-refractivity contribution in [2.24, 2.45) is 10.2 Å². The van der Waals surface area contributed by atoms with Crippen LogP contribution < -0.4 is 5.32 Å². The number of anilines is 1. The number of nitrogens with zero attached hydrogens (tertiary/aromatic N) is 4. The number of thiophene rings is 1. The second kappa shape index (κ2) is 9.73. The van der Waals surface area contributed by atoms with E-state index in [0.717, 1.165) is 28.0 Å². The van der Waals surface area contributed by atoms with Crippen molar-refractivity contribution in [3.05, 3.63) is 68.7 Å². The zero-order valence-corrected chi connectivity index (χ0v) is 18.8. The number of hydrogen-bond acceptors (Lipinski definition) is 7. The summed E-state index contributed by atoms with van der Waals surface area (Å²) in [5, 5.41) is 34.8. The number of nitrogens with one attached hydrogen (secondary N) is 1. The molecule has 7 nitrogen and oxygen atoms in total. The van der Waals surface area contributed by atoms with E-state index < -0.39 is 4.92 Å². The molecule has 0 spiro atoms. The third-order valence-electron chi connectivity index (χ3n) is 3.85. The van der Waals surface area contributed by atoms with Crippen molar-refractivity contribution in [3.63, 3.8) is 0 Å². The molecular formula is C19H13Br2N5O2S. The molecule has 0 aliphatic heterocycles. The van der Waals surface area contributed by atoms with Gasteiger partial charge in [-0.25, -0.2) is 0 Å². The topological polar surface area (TPSA) is 104 Å². The standard InChI is InChI=1S/C19H13Br2N5O2S/c20-8-9-23-17-10-13(12-4-2-1-3-5-12)19(29-17)25-24-18-14(11-22)16(26(27)28)7-6-15(18)21/h1-7,10,23H,8-9H2. The lowest BCUT2D eigenvalue weighted by Gasteiger charge is -2.02. The highest BCUT2D eigenvalue weighted by Crippen LogP contribution is 2.43. The average Bonchev–Trinajstić information content (AvgIpc) is 3.14. The Kier molecular flexibility index (Phi) is 7.09. The van der Waals surface area contributed by atoms with Crippen molar-refractivity contribution in [2.45, 2.75) is 0 Å². The molecule has 0 saturated carbocycles. The van der Waals surface area contributed by atoms with Crippen molar-refractivity contribution >= 4 is 64.6 Å². The predicted molar refractivity (Wildman–Crippen MR) is 122 cm³/mol. The second-order valence-corrected chi connectivity index (χ2v) is 8.35. The van der Waals surface area contributed by atoms with Crippen LogP contribution in [0, 0.1) is 21.4 Å². The molecule has 1 heterocycles. The lowest BCUT2D eigenvalue weighted by molar-refractivity contribution is -0.385. The molecular weight excluding hydrogens is 522 g/mol. The molecule has 1 aromatic heterocycles. The molecule has 0 aliphatic carbocycles. The van der Waals surface area contributed by atoms with Gasteiger partial charge in [0.05, 0.1) is 9.92 Å². The van der Waals surface area contributed by atoms with Gasteiger partial charge in [-0.1, -0.05) is 57.6 Å². The Morgan fingerprint density at radius 1 is 1.21 bits per heavy atom. The van der Waals surface area contributed by atoms with Crippen molar-refractivity contribution < 1.29 is 4.92 Å². The molecule has 2 aromatic carbocycles. The number of nitro benzene ring substituents is 1. The normalized spacial score (nSPS) is 10.8. The first-order chi connectivity index (χ1) is 14.0. The summed E-state index contributed by atoms with van der Waals surface area (Å²) in [6.45, 7) is 0.750. The molecule has 3 aromatic rings. The fraction of sp³-hybridized carbons (Fsp3) is 0.105. The fourth-order valence-electron chi connectivity index (χ4n) is 2.55. The minimum absolute atomic E-state index is 0.129. The predicted octanol–water partition coefficient (Wildman–Crippen LogP) is 7.18. The molecule has 0 radical (unpaired) electrons. The summed E-state index contributed by atoms with van der Waals surface area (Å²) in [7, 11) is 0. The van der Waals surface area contributed by atoms with Gasteiger partial charge in [0, 0.05) is 28.0 Å². The Hall–Kier alpha value is -2.61. The van der Waals surface area contributed by atoms with E-state index in [2.05, 4.69) is 47.4 Å². The van der Waals surface area contributed by atoms with Crippen LogP contribution in [-0.2, 0) is 0 Å². The maximum atomic E-state index is 11.2. The van der Waals surface area contributed by atoms with Crippen LogP contribution in [-0.4, -0.2) is 16.8 Å². The first-order valence-electron chi connectivity index (χ1n) is 8.33. The van der Waals surface area contributed by atoms with Gasteiger partial charge in [0.2, 0.25) is 0 Å². The van der Waals surface area contributed by atoms with Gasteiger partial charge in [-0.2, -0.15) is 5.26 Å². The van der Waals surface area contributed by atoms with Gasteiger partial charge in [0.1, 0.15) is 16.8 Å². The quantitative estimate of drug-likeness (QED) is 0.150. The van der Waals surface area contributed by atoms with E-state index in [9.17, 15) is 15.4 Å². The summed E-state index contributed by atoms with van der Waals surface area (Å²) in [6, 6.07) is 16.4. The van der Waals surface area contributed by atoms with Crippen LogP contribution in [0.1, 0.15) is 5.56 Å². The van der Waals surface area contributed by atoms with Crippen molar-refractivity contribution in [3.8, 4) is 17.2 Å². The maximum Gasteiger partial charge on any atom is 0.289 e. The Bertz CT molecular complexity index is 1110. The monoisotopic (exact) mass is 533 g/mol. The number of azo groups is 1. The van der Waals surface area contributed by atoms with E-state index in [0.29, 0.717) is 9.47 Å². The van der Waals surface area contributed by atoms with E-state index >= 15 is 0 Å². The molecule has 0 aliphatic rings. The molecule has 0 unspecified atom stereocenters. The van der Waals surface area contributed by atoms with Gasteiger partial charge in [-0.05, 0) is 33.6 Å². The van der Waals surface area contributed by atoms with Crippen molar-refractivity contribution in [1.29, 1.82) is 5.26 Å². The number of nitriles is 1. The number of alkyl halides is 1. The minimum atomic E-state index is -0.604. The summed E-state index contributed by atoms with van der Waals surface area (Å²) in [5.41, 5.74) is 1.55. The molecule has 29 heavy (non-hydrogen) atoms. The van der Waals surface area contributed by atoms with E-state index in [1.54, 1.807) is 0 Å². The molecule has 3 rings (SSSR count). The summed E-state index contributed by atoms with van der Waals surface area (Å²) in [5.74, 6) is 0. The number of rotatable bonds is 7. The van der Waals surface area contributed by atoms with Crippen LogP contribution in [0.2, 0.25) is 0 Å². The second-order valence-electron chi connectivity index (χ2n) is 5.67. The van der Waals surface area contributed by atoms with Gasteiger partial charge in [0.25, 0.3) is 5.69 Å². The first kappa shape index (κ1) is 21.1. The maximum absolute atomic E-state index is 11.2. The molecule has 0 amide bonds. The Morgan fingerprint density at radius 2 is 1.97 bits per heavy atom. The third-order valence-corrected chi connectivity index (χ3v) is 5.86. The highest BCUT2D eigenvalue weighted by molar-refractivity contribution is 9.10.